The van der Waals surface area contributed by atoms with E-state index in [0.29, 0.717) is 42.2 Å². The predicted molar refractivity (Wildman–Crippen MR) is 81.6 cm³/mol. The fourth-order valence-electron chi connectivity index (χ4n) is 2.18. The van der Waals surface area contributed by atoms with Gasteiger partial charge in [0.25, 0.3) is 0 Å². The number of rotatable bonds is 6. The molecule has 124 valence electrons. The average molecular weight is 331 g/mol. The van der Waals surface area contributed by atoms with E-state index in [1.807, 2.05) is 0 Å². The molecular formula is C15H14FN5O3. The molecule has 24 heavy (non-hydrogen) atoms. The first-order chi connectivity index (χ1) is 11.5. The molecule has 0 unspecified atom stereocenters. The van der Waals surface area contributed by atoms with Crippen molar-refractivity contribution in [2.45, 2.75) is 26.3 Å². The zero-order valence-corrected chi connectivity index (χ0v) is 12.8. The molecule has 2 aromatic heterocycles. The smallest absolute Gasteiger partial charge is 0.358 e. The van der Waals surface area contributed by atoms with Crippen LogP contribution < -0.4 is 0 Å². The normalized spacial score (nSPS) is 10.9. The number of hydrogen-bond acceptors (Lipinski definition) is 6. The first-order valence-electron chi connectivity index (χ1n) is 7.28. The van der Waals surface area contributed by atoms with Gasteiger partial charge in [-0.15, -0.1) is 0 Å². The van der Waals surface area contributed by atoms with Gasteiger partial charge in [-0.1, -0.05) is 17.3 Å². The maximum absolute atomic E-state index is 13.6. The van der Waals surface area contributed by atoms with E-state index in [2.05, 4.69) is 15.1 Å². The molecule has 0 fully saturated rings. The van der Waals surface area contributed by atoms with Gasteiger partial charge in [0.15, 0.2) is 0 Å². The van der Waals surface area contributed by atoms with Gasteiger partial charge in [-0.3, -0.25) is 0 Å². The van der Waals surface area contributed by atoms with Crippen molar-refractivity contribution in [3.8, 4) is 11.4 Å². The molecule has 0 N–H and O–H groups in total. The summed E-state index contributed by atoms with van der Waals surface area (Å²) in [5.41, 5.74) is 1.11. The Hall–Kier alpha value is -3.10. The largest absolute Gasteiger partial charge is 0.381 e. The molecule has 0 atom stereocenters. The highest BCUT2D eigenvalue weighted by molar-refractivity contribution is 5.54. The monoisotopic (exact) mass is 331 g/mol. The Balaban J connectivity index is 1.59. The molecule has 0 amide bonds. The van der Waals surface area contributed by atoms with E-state index >= 15 is 0 Å². The van der Waals surface area contributed by atoms with Crippen LogP contribution in [0.4, 0.5) is 10.2 Å². The van der Waals surface area contributed by atoms with Crippen molar-refractivity contribution < 1.29 is 13.8 Å². The molecule has 8 nitrogen and oxygen atoms in total. The highest BCUT2D eigenvalue weighted by Gasteiger charge is 2.12. The lowest BCUT2D eigenvalue weighted by Crippen LogP contribution is -1.97. The van der Waals surface area contributed by atoms with Crippen molar-refractivity contribution in [1.29, 1.82) is 0 Å². The molecule has 0 radical (unpaired) electrons. The van der Waals surface area contributed by atoms with Crippen LogP contribution >= 0.6 is 0 Å². The summed E-state index contributed by atoms with van der Waals surface area (Å²) >= 11 is 0. The van der Waals surface area contributed by atoms with Crippen molar-refractivity contribution in [2.75, 3.05) is 0 Å². The first-order valence-corrected chi connectivity index (χ1v) is 7.28. The van der Waals surface area contributed by atoms with E-state index in [9.17, 15) is 14.5 Å². The van der Waals surface area contributed by atoms with Gasteiger partial charge in [-0.25, -0.2) is 4.39 Å². The summed E-state index contributed by atoms with van der Waals surface area (Å²) < 4.78 is 20.4. The van der Waals surface area contributed by atoms with Crippen molar-refractivity contribution in [1.82, 2.24) is 19.7 Å². The highest BCUT2D eigenvalue weighted by Crippen LogP contribution is 2.19. The number of hydrogen-bond donors (Lipinski definition) is 0. The Kier molecular flexibility index (Phi) is 4.32. The van der Waals surface area contributed by atoms with Crippen LogP contribution in [0.2, 0.25) is 0 Å². The van der Waals surface area contributed by atoms with Gasteiger partial charge < -0.3 is 19.2 Å². The Morgan fingerprint density at radius 2 is 2.25 bits per heavy atom. The van der Waals surface area contributed by atoms with Crippen molar-refractivity contribution >= 4 is 5.82 Å². The summed E-state index contributed by atoms with van der Waals surface area (Å²) in [5, 5.41) is 14.4. The summed E-state index contributed by atoms with van der Waals surface area (Å²) in [4.78, 5) is 17.9. The van der Waals surface area contributed by atoms with Crippen molar-refractivity contribution in [2.24, 2.45) is 0 Å². The molecule has 0 aliphatic heterocycles. The van der Waals surface area contributed by atoms with Crippen LogP contribution in [-0.4, -0.2) is 24.6 Å². The number of nitro groups is 1. The third-order valence-corrected chi connectivity index (χ3v) is 3.51. The van der Waals surface area contributed by atoms with Crippen LogP contribution in [0.1, 0.15) is 17.9 Å². The molecule has 0 spiro atoms. The second kappa shape index (κ2) is 6.57. The lowest BCUT2D eigenvalue weighted by Gasteiger charge is -1.98. The molecule has 9 heteroatoms. The Labute approximate surface area is 136 Å². The van der Waals surface area contributed by atoms with Gasteiger partial charge in [0.2, 0.25) is 18.0 Å². The molecule has 3 aromatic rings. The Bertz CT molecular complexity index is 874. The minimum absolute atomic E-state index is 0.184. The van der Waals surface area contributed by atoms with Crippen LogP contribution in [0.5, 0.6) is 0 Å². The Morgan fingerprint density at radius 3 is 2.96 bits per heavy atom. The standard InChI is InChI=1S/C15H14FN5O3/c1-10-4-5-11(7-12(10)16)15-18-14(24-19-15)3-2-6-20-8-13(17-9-20)21(22)23/h4-5,7-9H,2-3,6H2,1H3. The van der Waals surface area contributed by atoms with Crippen LogP contribution in [0.25, 0.3) is 11.4 Å². The third kappa shape index (κ3) is 3.45. The fraction of sp³-hybridized carbons (Fsp3) is 0.267. The molecular weight excluding hydrogens is 317 g/mol. The first kappa shape index (κ1) is 15.8. The highest BCUT2D eigenvalue weighted by atomic mass is 19.1. The molecule has 0 saturated heterocycles. The van der Waals surface area contributed by atoms with E-state index in [-0.39, 0.29) is 11.6 Å². The minimum atomic E-state index is -0.540. The van der Waals surface area contributed by atoms with Crippen LogP contribution in [0, 0.1) is 22.9 Å². The number of aromatic nitrogens is 4. The maximum Gasteiger partial charge on any atom is 0.381 e. The van der Waals surface area contributed by atoms with Gasteiger partial charge in [0, 0.05) is 18.5 Å². The third-order valence-electron chi connectivity index (χ3n) is 3.51. The van der Waals surface area contributed by atoms with Gasteiger partial charge in [-0.05, 0) is 34.9 Å². The summed E-state index contributed by atoms with van der Waals surface area (Å²) in [6.07, 6.45) is 3.94. The summed E-state index contributed by atoms with van der Waals surface area (Å²) in [7, 11) is 0. The van der Waals surface area contributed by atoms with Gasteiger partial charge in [0.1, 0.15) is 12.0 Å². The number of aryl methyl sites for hydroxylation is 3. The predicted octanol–water partition coefficient (Wildman–Crippen LogP) is 2.92. The van der Waals surface area contributed by atoms with Gasteiger partial charge in [0.05, 0.1) is 0 Å². The SMILES string of the molecule is Cc1ccc(-c2noc(CCCn3cnc([N+](=O)[O-])c3)n2)cc1F. The van der Waals surface area contributed by atoms with Gasteiger partial charge >= 0.3 is 5.82 Å². The molecule has 3 rings (SSSR count). The van der Waals surface area contributed by atoms with E-state index in [4.69, 9.17) is 4.52 Å². The molecule has 0 aliphatic carbocycles. The van der Waals surface area contributed by atoms with Crippen LogP contribution in [0.3, 0.4) is 0 Å². The number of halogens is 1. The number of benzene rings is 1. The maximum atomic E-state index is 13.6. The van der Waals surface area contributed by atoms with Crippen LogP contribution in [-0.2, 0) is 13.0 Å². The van der Waals surface area contributed by atoms with Crippen LogP contribution in [0.15, 0.2) is 35.2 Å². The lowest BCUT2D eigenvalue weighted by molar-refractivity contribution is -0.389. The zero-order chi connectivity index (χ0) is 17.1. The van der Waals surface area contributed by atoms with Gasteiger partial charge in [-0.2, -0.15) is 4.98 Å². The molecule has 1 aromatic carbocycles. The Morgan fingerprint density at radius 1 is 1.42 bits per heavy atom. The topological polar surface area (TPSA) is 99.9 Å². The van der Waals surface area contributed by atoms with Crippen molar-refractivity contribution in [3.05, 3.63) is 58.1 Å². The van der Waals surface area contributed by atoms with E-state index < -0.39 is 4.92 Å². The minimum Gasteiger partial charge on any atom is -0.358 e. The molecule has 0 saturated carbocycles. The number of imidazole rings is 1. The van der Waals surface area contributed by atoms with Crippen molar-refractivity contribution in [3.63, 3.8) is 0 Å². The summed E-state index contributed by atoms with van der Waals surface area (Å²) in [6, 6.07) is 4.76. The summed E-state index contributed by atoms with van der Waals surface area (Å²) in [6.45, 7) is 2.22. The van der Waals surface area contributed by atoms with E-state index in [0.717, 1.165) is 0 Å². The quantitative estimate of drug-likeness (QED) is 0.508. The molecule has 0 aliphatic rings. The lowest BCUT2D eigenvalue weighted by atomic mass is 10.1. The van der Waals surface area contributed by atoms with E-state index in [1.54, 1.807) is 23.6 Å². The second-order valence-electron chi connectivity index (χ2n) is 5.31. The molecule has 2 heterocycles. The fourth-order valence-corrected chi connectivity index (χ4v) is 2.18. The number of nitrogens with zero attached hydrogens (tertiary/aromatic N) is 5. The van der Waals surface area contributed by atoms with E-state index in [1.165, 1.54) is 18.6 Å². The summed E-state index contributed by atoms with van der Waals surface area (Å²) in [5.74, 6) is 0.264. The average Bonchev–Trinajstić information content (AvgIpc) is 3.20. The molecule has 0 bridgehead atoms. The second-order valence-corrected chi connectivity index (χ2v) is 5.31. The zero-order valence-electron chi connectivity index (χ0n) is 12.8.